The van der Waals surface area contributed by atoms with E-state index in [2.05, 4.69) is 37.4 Å². The van der Waals surface area contributed by atoms with E-state index in [0.717, 1.165) is 23.7 Å². The van der Waals surface area contributed by atoms with Crippen molar-refractivity contribution in [1.29, 1.82) is 0 Å². The first-order chi connectivity index (χ1) is 9.63. The quantitative estimate of drug-likeness (QED) is 0.905. The zero-order valence-electron chi connectivity index (χ0n) is 11.7. The fraction of sp³-hybridized carbons (Fsp3) is 0.294. The molecule has 0 radical (unpaired) electrons. The number of anilines is 1. The zero-order chi connectivity index (χ0) is 14.1. The molecule has 0 amide bonds. The molecule has 20 heavy (non-hydrogen) atoms. The van der Waals surface area contributed by atoms with Gasteiger partial charge in [-0.05, 0) is 54.8 Å². The molecule has 0 bridgehead atoms. The molecule has 0 spiro atoms. The summed E-state index contributed by atoms with van der Waals surface area (Å²) in [4.78, 5) is 0. The van der Waals surface area contributed by atoms with Crippen LogP contribution in [-0.2, 0) is 6.42 Å². The highest BCUT2D eigenvalue weighted by Crippen LogP contribution is 2.31. The van der Waals surface area contributed by atoms with E-state index >= 15 is 0 Å². The van der Waals surface area contributed by atoms with E-state index in [1.165, 1.54) is 22.4 Å². The molecule has 104 valence electrons. The van der Waals surface area contributed by atoms with Crippen molar-refractivity contribution in [2.24, 2.45) is 0 Å². The minimum absolute atomic E-state index is 0.170. The van der Waals surface area contributed by atoms with Crippen LogP contribution in [0.3, 0.4) is 0 Å². The zero-order valence-corrected chi connectivity index (χ0v) is 12.5. The van der Waals surface area contributed by atoms with E-state index in [9.17, 15) is 0 Å². The van der Waals surface area contributed by atoms with Gasteiger partial charge in [-0.2, -0.15) is 0 Å². The Labute approximate surface area is 124 Å². The summed E-state index contributed by atoms with van der Waals surface area (Å²) in [6, 6.07) is 12.1. The maximum atomic E-state index is 6.01. The molecule has 1 atom stereocenters. The Kier molecular flexibility index (Phi) is 3.58. The van der Waals surface area contributed by atoms with E-state index in [0.29, 0.717) is 0 Å². The van der Waals surface area contributed by atoms with Crippen molar-refractivity contribution in [3.05, 3.63) is 58.1 Å². The number of hydrogen-bond acceptors (Lipinski definition) is 2. The first-order valence-corrected chi connectivity index (χ1v) is 7.26. The lowest BCUT2D eigenvalue weighted by Gasteiger charge is -2.15. The molecule has 1 heterocycles. The average molecular weight is 288 g/mol. The molecular formula is C17H18ClNO. The van der Waals surface area contributed by atoms with Crippen LogP contribution in [-0.4, -0.2) is 12.6 Å². The molecule has 1 aliphatic rings. The van der Waals surface area contributed by atoms with E-state index in [1.807, 2.05) is 18.2 Å². The van der Waals surface area contributed by atoms with Gasteiger partial charge in [0.05, 0.1) is 6.54 Å². The second-order valence-electron chi connectivity index (χ2n) is 5.32. The van der Waals surface area contributed by atoms with Crippen molar-refractivity contribution in [3.63, 3.8) is 0 Å². The van der Waals surface area contributed by atoms with Crippen molar-refractivity contribution < 1.29 is 4.74 Å². The number of hydrogen-bond donors (Lipinski definition) is 1. The molecule has 2 aromatic carbocycles. The number of fused-ring (bicyclic) bond motifs is 1. The molecule has 0 saturated heterocycles. The Bertz CT molecular complexity index is 639. The Morgan fingerprint density at radius 3 is 2.95 bits per heavy atom. The number of rotatable bonds is 3. The molecule has 0 aromatic heterocycles. The second kappa shape index (κ2) is 5.37. The summed E-state index contributed by atoms with van der Waals surface area (Å²) in [5.74, 6) is 0.960. The fourth-order valence-corrected chi connectivity index (χ4v) is 2.76. The van der Waals surface area contributed by atoms with E-state index in [4.69, 9.17) is 16.3 Å². The van der Waals surface area contributed by atoms with Crippen molar-refractivity contribution in [2.75, 3.05) is 11.9 Å². The maximum Gasteiger partial charge on any atom is 0.123 e. The largest absolute Gasteiger partial charge is 0.488 e. The van der Waals surface area contributed by atoms with Gasteiger partial charge in [-0.15, -0.1) is 0 Å². The molecular weight excluding hydrogens is 270 g/mol. The second-order valence-corrected chi connectivity index (χ2v) is 5.76. The van der Waals surface area contributed by atoms with Crippen LogP contribution in [0.5, 0.6) is 5.75 Å². The molecule has 3 heteroatoms. The van der Waals surface area contributed by atoms with Crippen LogP contribution >= 0.6 is 11.6 Å². The predicted molar refractivity (Wildman–Crippen MR) is 84.0 cm³/mol. The van der Waals surface area contributed by atoms with Gasteiger partial charge >= 0.3 is 0 Å². The van der Waals surface area contributed by atoms with Crippen LogP contribution < -0.4 is 10.1 Å². The lowest BCUT2D eigenvalue weighted by molar-refractivity contribution is 0.246. The summed E-state index contributed by atoms with van der Waals surface area (Å²) in [7, 11) is 0. The van der Waals surface area contributed by atoms with Gasteiger partial charge in [0.25, 0.3) is 0 Å². The highest BCUT2D eigenvalue weighted by Gasteiger charge is 2.22. The fourth-order valence-electron chi connectivity index (χ4n) is 2.57. The van der Waals surface area contributed by atoms with E-state index < -0.39 is 0 Å². The van der Waals surface area contributed by atoms with Crippen LogP contribution in [0.1, 0.15) is 16.7 Å². The van der Waals surface area contributed by atoms with Gasteiger partial charge in [0.2, 0.25) is 0 Å². The molecule has 0 aliphatic carbocycles. The molecule has 1 unspecified atom stereocenters. The third-order valence-corrected chi connectivity index (χ3v) is 4.12. The number of nitrogens with one attached hydrogen (secondary N) is 1. The molecule has 0 saturated carbocycles. The van der Waals surface area contributed by atoms with Crippen molar-refractivity contribution in [1.82, 2.24) is 0 Å². The van der Waals surface area contributed by atoms with E-state index in [1.54, 1.807) is 0 Å². The monoisotopic (exact) mass is 287 g/mol. The first-order valence-electron chi connectivity index (χ1n) is 6.88. The highest BCUT2D eigenvalue weighted by atomic mass is 35.5. The van der Waals surface area contributed by atoms with Crippen molar-refractivity contribution in [3.8, 4) is 5.75 Å². The van der Waals surface area contributed by atoms with E-state index in [-0.39, 0.29) is 6.10 Å². The van der Waals surface area contributed by atoms with Gasteiger partial charge in [-0.3, -0.25) is 0 Å². The lowest BCUT2D eigenvalue weighted by Crippen LogP contribution is -2.24. The lowest BCUT2D eigenvalue weighted by atomic mass is 10.1. The molecule has 1 N–H and O–H groups in total. The summed E-state index contributed by atoms with van der Waals surface area (Å²) in [6.07, 6.45) is 1.08. The summed E-state index contributed by atoms with van der Waals surface area (Å²) >= 11 is 6.01. The Morgan fingerprint density at radius 2 is 2.10 bits per heavy atom. The summed E-state index contributed by atoms with van der Waals surface area (Å²) in [6.45, 7) is 5.07. The number of halogens is 1. The van der Waals surface area contributed by atoms with Gasteiger partial charge in [0.15, 0.2) is 0 Å². The number of aryl methyl sites for hydroxylation is 1. The highest BCUT2D eigenvalue weighted by molar-refractivity contribution is 6.30. The third kappa shape index (κ3) is 2.61. The van der Waals surface area contributed by atoms with Gasteiger partial charge in [-0.1, -0.05) is 23.7 Å². The Balaban J connectivity index is 1.65. The molecule has 1 aliphatic heterocycles. The SMILES string of the molecule is Cc1cccc(NCC2Cc3cc(Cl)ccc3O2)c1C. The summed E-state index contributed by atoms with van der Waals surface area (Å²) in [5.41, 5.74) is 4.98. The van der Waals surface area contributed by atoms with Gasteiger partial charge in [0, 0.05) is 17.1 Å². The molecule has 2 aromatic rings. The Morgan fingerprint density at radius 1 is 1.25 bits per heavy atom. The predicted octanol–water partition coefficient (Wildman–Crippen LogP) is 4.37. The van der Waals surface area contributed by atoms with Crippen LogP contribution in [0, 0.1) is 13.8 Å². The number of benzene rings is 2. The summed E-state index contributed by atoms with van der Waals surface area (Å²) in [5, 5.41) is 4.26. The van der Waals surface area contributed by atoms with Crippen molar-refractivity contribution >= 4 is 17.3 Å². The van der Waals surface area contributed by atoms with Crippen LogP contribution in [0.25, 0.3) is 0 Å². The molecule has 0 fully saturated rings. The topological polar surface area (TPSA) is 21.3 Å². The number of ether oxygens (including phenoxy) is 1. The minimum Gasteiger partial charge on any atom is -0.488 e. The third-order valence-electron chi connectivity index (χ3n) is 3.89. The maximum absolute atomic E-state index is 6.01. The average Bonchev–Trinajstić information content (AvgIpc) is 2.82. The molecule has 2 nitrogen and oxygen atoms in total. The van der Waals surface area contributed by atoms with Gasteiger partial charge in [-0.25, -0.2) is 0 Å². The van der Waals surface area contributed by atoms with Crippen molar-refractivity contribution in [2.45, 2.75) is 26.4 Å². The summed E-state index contributed by atoms with van der Waals surface area (Å²) < 4.78 is 5.93. The van der Waals surface area contributed by atoms with Crippen LogP contribution in [0.4, 0.5) is 5.69 Å². The normalized spacial score (nSPS) is 16.6. The first kappa shape index (κ1) is 13.3. The van der Waals surface area contributed by atoms with Gasteiger partial charge < -0.3 is 10.1 Å². The van der Waals surface area contributed by atoms with Crippen LogP contribution in [0.15, 0.2) is 36.4 Å². The molecule has 3 rings (SSSR count). The van der Waals surface area contributed by atoms with Crippen LogP contribution in [0.2, 0.25) is 5.02 Å². The Hall–Kier alpha value is -1.67. The smallest absolute Gasteiger partial charge is 0.123 e. The minimum atomic E-state index is 0.170. The van der Waals surface area contributed by atoms with Gasteiger partial charge in [0.1, 0.15) is 11.9 Å². The standard InChI is InChI=1S/C17H18ClNO/c1-11-4-3-5-16(12(11)2)19-10-15-9-13-8-14(18)6-7-17(13)20-15/h3-8,15,19H,9-10H2,1-2H3.